The van der Waals surface area contributed by atoms with Crippen molar-refractivity contribution in [3.63, 3.8) is 0 Å². The number of fused-ring (bicyclic) bond motifs is 2. The standard InChI is InChI=1S/C17H14ClN2S2.HI/c1-19-12-5-3-4-6-14(12)21-16(19)10-17-20(2)13-9-11(18)7-8-15(13)22-17;/h3-10H,1-2H3;1H/q+1;/p-1. The van der Waals surface area contributed by atoms with Crippen molar-refractivity contribution in [2.24, 2.45) is 7.05 Å². The molecule has 2 nitrogen and oxygen atoms in total. The zero-order valence-corrected chi connectivity index (χ0v) is 17.1. The summed E-state index contributed by atoms with van der Waals surface area (Å²) in [4.78, 5) is 3.46. The number of nitrogens with zero attached hydrogens (tertiary/aromatic N) is 2. The molecule has 0 radical (unpaired) electrons. The first-order chi connectivity index (χ1) is 10.6. The molecule has 0 saturated heterocycles. The third kappa shape index (κ3) is 2.99. The number of hydrogen-bond acceptors (Lipinski definition) is 3. The summed E-state index contributed by atoms with van der Waals surface area (Å²) in [5.41, 5.74) is 2.44. The Labute approximate surface area is 165 Å². The lowest BCUT2D eigenvalue weighted by Gasteiger charge is -2.12. The normalized spacial score (nSPS) is 15.1. The Morgan fingerprint density at radius 3 is 2.74 bits per heavy atom. The van der Waals surface area contributed by atoms with E-state index in [1.54, 1.807) is 11.8 Å². The zero-order valence-electron chi connectivity index (χ0n) is 12.6. The number of hydrogen-bond donors (Lipinski definition) is 0. The van der Waals surface area contributed by atoms with Crippen molar-refractivity contribution in [1.82, 2.24) is 0 Å². The molecule has 0 amide bonds. The minimum absolute atomic E-state index is 0. The topological polar surface area (TPSA) is 7.12 Å². The largest absolute Gasteiger partial charge is 1.00 e. The van der Waals surface area contributed by atoms with E-state index < -0.39 is 0 Å². The molecular formula is C17H14ClIN2S2. The maximum atomic E-state index is 6.12. The lowest BCUT2D eigenvalue weighted by atomic mass is 10.3. The smallest absolute Gasteiger partial charge is 0.265 e. The van der Waals surface area contributed by atoms with Crippen LogP contribution >= 0.6 is 34.7 Å². The van der Waals surface area contributed by atoms with Gasteiger partial charge in [-0.2, -0.15) is 4.57 Å². The second-order valence-electron chi connectivity index (χ2n) is 5.22. The van der Waals surface area contributed by atoms with Crippen molar-refractivity contribution in [2.45, 2.75) is 4.90 Å². The molecule has 2 aromatic carbocycles. The fraction of sp³-hybridized carbons (Fsp3) is 0.118. The summed E-state index contributed by atoms with van der Waals surface area (Å²) in [6.07, 6.45) is 2.25. The van der Waals surface area contributed by atoms with Crippen LogP contribution in [-0.4, -0.2) is 7.05 Å². The van der Waals surface area contributed by atoms with Gasteiger partial charge in [-0.1, -0.05) is 46.8 Å². The van der Waals surface area contributed by atoms with E-state index in [1.807, 2.05) is 23.5 Å². The minimum Gasteiger partial charge on any atom is -1.00 e. The Morgan fingerprint density at radius 1 is 1.17 bits per heavy atom. The Balaban J connectivity index is 0.00000156. The molecule has 0 N–H and O–H groups in total. The molecule has 1 aliphatic heterocycles. The first-order valence-electron chi connectivity index (χ1n) is 6.94. The molecule has 0 aliphatic carbocycles. The maximum Gasteiger partial charge on any atom is 0.265 e. The summed E-state index contributed by atoms with van der Waals surface area (Å²) in [7, 11) is 4.21. The van der Waals surface area contributed by atoms with Crippen molar-refractivity contribution in [3.05, 3.63) is 57.5 Å². The minimum atomic E-state index is 0. The number of halogens is 2. The molecular weight excluding hydrogens is 459 g/mol. The summed E-state index contributed by atoms with van der Waals surface area (Å²) in [5.74, 6) is 0. The van der Waals surface area contributed by atoms with Crippen molar-refractivity contribution in [2.75, 3.05) is 11.9 Å². The molecule has 0 unspecified atom stereocenters. The molecule has 6 heteroatoms. The first kappa shape index (κ1) is 17.1. The van der Waals surface area contributed by atoms with Gasteiger partial charge in [0.25, 0.3) is 5.01 Å². The van der Waals surface area contributed by atoms with E-state index in [0.717, 1.165) is 5.02 Å². The number of aryl methyl sites for hydroxylation is 1. The fourth-order valence-electron chi connectivity index (χ4n) is 2.62. The van der Waals surface area contributed by atoms with E-state index in [9.17, 15) is 0 Å². The third-order valence-corrected chi connectivity index (χ3v) is 6.41. The second kappa shape index (κ2) is 6.63. The SMILES string of the molecule is CN1C(=Cc2sc3ccccc3[n+]2C)Sc2ccc(Cl)cc21.[I-]. The van der Waals surface area contributed by atoms with Crippen LogP contribution in [0.1, 0.15) is 5.01 Å². The molecule has 2 heterocycles. The Bertz CT molecular complexity index is 920. The van der Waals surface area contributed by atoms with Gasteiger partial charge in [0.15, 0.2) is 0 Å². The number of aromatic nitrogens is 1. The number of para-hydroxylation sites is 1. The molecule has 1 aliphatic rings. The van der Waals surface area contributed by atoms with Gasteiger partial charge in [-0.3, -0.25) is 0 Å². The van der Waals surface area contributed by atoms with Crippen LogP contribution in [0.5, 0.6) is 0 Å². The van der Waals surface area contributed by atoms with Crippen LogP contribution in [0.15, 0.2) is 52.4 Å². The number of benzene rings is 2. The molecule has 0 atom stereocenters. The highest BCUT2D eigenvalue weighted by Crippen LogP contribution is 2.46. The second-order valence-corrected chi connectivity index (χ2v) is 7.78. The number of anilines is 1. The van der Waals surface area contributed by atoms with Crippen LogP contribution in [0.2, 0.25) is 5.02 Å². The van der Waals surface area contributed by atoms with E-state index >= 15 is 0 Å². The van der Waals surface area contributed by atoms with Crippen LogP contribution < -0.4 is 33.4 Å². The molecule has 0 bridgehead atoms. The molecule has 118 valence electrons. The monoisotopic (exact) mass is 472 g/mol. The number of thioether (sulfide) groups is 1. The average molecular weight is 473 g/mol. The van der Waals surface area contributed by atoms with Gasteiger partial charge < -0.3 is 28.9 Å². The lowest BCUT2D eigenvalue weighted by molar-refractivity contribution is -0.642. The summed E-state index contributed by atoms with van der Waals surface area (Å²) < 4.78 is 3.56. The Hall–Kier alpha value is -0.760. The Kier molecular flexibility index (Phi) is 4.92. The van der Waals surface area contributed by atoms with Crippen LogP contribution in [0, 0.1) is 0 Å². The van der Waals surface area contributed by atoms with Gasteiger partial charge in [-0.05, 0) is 24.3 Å². The van der Waals surface area contributed by atoms with Crippen molar-refractivity contribution in [3.8, 4) is 0 Å². The maximum absolute atomic E-state index is 6.12. The summed E-state index contributed by atoms with van der Waals surface area (Å²) in [5, 5.41) is 3.24. The highest BCUT2D eigenvalue weighted by molar-refractivity contribution is 8.03. The van der Waals surface area contributed by atoms with Crippen LogP contribution in [0.25, 0.3) is 16.3 Å². The van der Waals surface area contributed by atoms with Gasteiger partial charge in [-0.25, -0.2) is 0 Å². The van der Waals surface area contributed by atoms with Gasteiger partial charge >= 0.3 is 0 Å². The van der Waals surface area contributed by atoms with Crippen LogP contribution in [-0.2, 0) is 7.05 Å². The quantitative estimate of drug-likeness (QED) is 0.395. The summed E-state index contributed by atoms with van der Waals surface area (Å²) >= 11 is 9.72. The number of thiazole rings is 1. The van der Waals surface area contributed by atoms with Crippen molar-refractivity contribution in [1.29, 1.82) is 0 Å². The molecule has 3 aromatic rings. The number of rotatable bonds is 1. The predicted molar refractivity (Wildman–Crippen MR) is 96.7 cm³/mol. The first-order valence-corrected chi connectivity index (χ1v) is 8.95. The van der Waals surface area contributed by atoms with Gasteiger partial charge in [0.1, 0.15) is 11.7 Å². The summed E-state index contributed by atoms with van der Waals surface area (Å²) in [6.45, 7) is 0. The van der Waals surface area contributed by atoms with Crippen molar-refractivity contribution >= 4 is 56.7 Å². The van der Waals surface area contributed by atoms with E-state index in [4.69, 9.17) is 11.6 Å². The van der Waals surface area contributed by atoms with Crippen LogP contribution in [0.4, 0.5) is 5.69 Å². The van der Waals surface area contributed by atoms with Gasteiger partial charge in [0, 0.05) is 23.0 Å². The lowest BCUT2D eigenvalue weighted by Crippen LogP contribution is -3.00. The van der Waals surface area contributed by atoms with Gasteiger partial charge in [-0.15, -0.1) is 0 Å². The zero-order chi connectivity index (χ0) is 15.3. The van der Waals surface area contributed by atoms with E-state index in [2.05, 4.69) is 60.0 Å². The molecule has 0 fully saturated rings. The predicted octanol–water partition coefficient (Wildman–Crippen LogP) is 1.92. The molecule has 0 saturated carbocycles. The third-order valence-electron chi connectivity index (χ3n) is 3.85. The molecule has 1 aromatic heterocycles. The average Bonchev–Trinajstić information content (AvgIpc) is 2.99. The fourth-order valence-corrected chi connectivity index (χ4v) is 5.01. The van der Waals surface area contributed by atoms with Crippen LogP contribution in [0.3, 0.4) is 0 Å². The Morgan fingerprint density at radius 2 is 1.96 bits per heavy atom. The van der Waals surface area contributed by atoms with Crippen molar-refractivity contribution < 1.29 is 28.5 Å². The van der Waals surface area contributed by atoms with Gasteiger partial charge in [0.05, 0.1) is 16.8 Å². The van der Waals surface area contributed by atoms with E-state index in [1.165, 1.54) is 30.8 Å². The summed E-state index contributed by atoms with van der Waals surface area (Å²) in [6, 6.07) is 14.6. The van der Waals surface area contributed by atoms with Gasteiger partial charge in [0.2, 0.25) is 5.52 Å². The van der Waals surface area contributed by atoms with E-state index in [-0.39, 0.29) is 24.0 Å². The van der Waals surface area contributed by atoms with E-state index in [0.29, 0.717) is 0 Å². The molecule has 23 heavy (non-hydrogen) atoms. The molecule has 4 rings (SSSR count). The highest BCUT2D eigenvalue weighted by Gasteiger charge is 2.24. The molecule has 0 spiro atoms. The highest BCUT2D eigenvalue weighted by atomic mass is 127.